The van der Waals surface area contributed by atoms with Crippen molar-refractivity contribution in [3.63, 3.8) is 0 Å². The van der Waals surface area contributed by atoms with E-state index >= 15 is 0 Å². The first-order valence-electron chi connectivity index (χ1n) is 11.5. The number of halogens is 1. The van der Waals surface area contributed by atoms with E-state index in [4.69, 9.17) is 18.9 Å². The van der Waals surface area contributed by atoms with Crippen LogP contribution in [-0.4, -0.2) is 120 Å². The summed E-state index contributed by atoms with van der Waals surface area (Å²) in [6, 6.07) is 0. The number of carbonyl (C=O) groups is 1. The van der Waals surface area contributed by atoms with E-state index in [0.717, 1.165) is 25.7 Å². The van der Waals surface area contributed by atoms with Crippen molar-refractivity contribution in [2.75, 3.05) is 13.2 Å². The SMILES string of the molecule is CC(CCCCCCC(=O)I)OC1OC(CO)C(O)C(O)C1OC1OC(CO)C(O)C(O)C1O. The van der Waals surface area contributed by atoms with E-state index in [1.165, 1.54) is 0 Å². The van der Waals surface area contributed by atoms with Gasteiger partial charge in [-0.3, -0.25) is 4.79 Å². The molecule has 2 aliphatic heterocycles. The van der Waals surface area contributed by atoms with Crippen LogP contribution in [0.25, 0.3) is 0 Å². The van der Waals surface area contributed by atoms with E-state index in [9.17, 15) is 40.5 Å². The van der Waals surface area contributed by atoms with Crippen molar-refractivity contribution in [1.29, 1.82) is 0 Å². The van der Waals surface area contributed by atoms with Crippen LogP contribution in [0.2, 0.25) is 0 Å². The minimum Gasteiger partial charge on any atom is -0.394 e. The van der Waals surface area contributed by atoms with Crippen LogP contribution < -0.4 is 0 Å². The van der Waals surface area contributed by atoms with Gasteiger partial charge >= 0.3 is 0 Å². The van der Waals surface area contributed by atoms with Crippen molar-refractivity contribution in [2.24, 2.45) is 0 Å². The fourth-order valence-electron chi connectivity index (χ4n) is 3.99. The maximum absolute atomic E-state index is 11.0. The summed E-state index contributed by atoms with van der Waals surface area (Å²) < 4.78 is 22.6. The fraction of sp³-hybridized carbons (Fsp3) is 0.952. The van der Waals surface area contributed by atoms with Gasteiger partial charge in [-0.2, -0.15) is 0 Å². The highest BCUT2D eigenvalue weighted by Crippen LogP contribution is 2.30. The molecule has 11 unspecified atom stereocenters. The highest BCUT2D eigenvalue weighted by atomic mass is 127. The molecule has 34 heavy (non-hydrogen) atoms. The topological polar surface area (TPSA) is 196 Å². The summed E-state index contributed by atoms with van der Waals surface area (Å²) in [7, 11) is 0. The van der Waals surface area contributed by atoms with E-state index in [1.807, 2.05) is 0 Å². The van der Waals surface area contributed by atoms with Crippen LogP contribution in [0.15, 0.2) is 0 Å². The maximum atomic E-state index is 11.0. The molecular formula is C21H37IO12. The molecule has 2 fully saturated rings. The molecule has 0 aromatic rings. The normalized spacial score (nSPS) is 39.7. The standard InChI is InChI=1S/C21H37IO12/c1-10(6-4-2-3-5-7-13(22)25)31-21-19(17(29)15(27)12(9-24)33-21)34-20-18(30)16(28)14(26)11(8-23)32-20/h10-12,14-21,23-24,26-30H,2-9H2,1H3. The minimum atomic E-state index is -1.72. The van der Waals surface area contributed by atoms with Crippen molar-refractivity contribution in [1.82, 2.24) is 0 Å². The van der Waals surface area contributed by atoms with Gasteiger partial charge in [-0.05, 0) is 42.4 Å². The van der Waals surface area contributed by atoms with Gasteiger partial charge in [0.25, 0.3) is 0 Å². The fourth-order valence-corrected chi connectivity index (χ4v) is 4.37. The van der Waals surface area contributed by atoms with Crippen molar-refractivity contribution >= 4 is 26.4 Å². The zero-order valence-electron chi connectivity index (χ0n) is 19.1. The van der Waals surface area contributed by atoms with Gasteiger partial charge < -0.3 is 54.7 Å². The Morgan fingerprint density at radius 2 is 1.38 bits per heavy atom. The lowest BCUT2D eigenvalue weighted by atomic mass is 9.97. The molecule has 13 heteroatoms. The Bertz CT molecular complexity index is 610. The lowest BCUT2D eigenvalue weighted by Gasteiger charge is -2.46. The molecule has 2 aliphatic rings. The number of ether oxygens (including phenoxy) is 4. The number of unbranched alkanes of at least 4 members (excludes halogenated alkanes) is 3. The molecule has 7 N–H and O–H groups in total. The van der Waals surface area contributed by atoms with Crippen molar-refractivity contribution in [3.8, 4) is 0 Å². The molecule has 0 spiro atoms. The van der Waals surface area contributed by atoms with Crippen LogP contribution in [0.1, 0.15) is 45.4 Å². The molecule has 2 rings (SSSR count). The van der Waals surface area contributed by atoms with Gasteiger partial charge in [-0.1, -0.05) is 19.3 Å². The molecule has 0 aromatic heterocycles. The third-order valence-corrected chi connectivity index (χ3v) is 6.60. The first kappa shape index (κ1) is 30.2. The van der Waals surface area contributed by atoms with Crippen LogP contribution in [-0.2, 0) is 23.7 Å². The van der Waals surface area contributed by atoms with Gasteiger partial charge in [-0.25, -0.2) is 0 Å². The molecule has 0 radical (unpaired) electrons. The number of hydrogen-bond acceptors (Lipinski definition) is 12. The Morgan fingerprint density at radius 3 is 1.97 bits per heavy atom. The van der Waals surface area contributed by atoms with Crippen molar-refractivity contribution in [2.45, 2.75) is 113 Å². The van der Waals surface area contributed by atoms with Crippen molar-refractivity contribution in [3.05, 3.63) is 0 Å². The third-order valence-electron chi connectivity index (χ3n) is 6.06. The van der Waals surface area contributed by atoms with Crippen LogP contribution in [0, 0.1) is 0 Å². The largest absolute Gasteiger partial charge is 0.394 e. The minimum absolute atomic E-state index is 0.133. The van der Waals surface area contributed by atoms with E-state index < -0.39 is 74.6 Å². The summed E-state index contributed by atoms with van der Waals surface area (Å²) in [5.41, 5.74) is 0. The molecule has 0 amide bonds. The summed E-state index contributed by atoms with van der Waals surface area (Å²) in [6.45, 7) is 0.537. The highest BCUT2D eigenvalue weighted by Gasteiger charge is 2.51. The first-order chi connectivity index (χ1) is 16.1. The molecule has 200 valence electrons. The Hall–Kier alpha value is -0.0400. The van der Waals surface area contributed by atoms with Gasteiger partial charge in [0, 0.05) is 6.42 Å². The Kier molecular flexibility index (Phi) is 13.0. The van der Waals surface area contributed by atoms with Crippen molar-refractivity contribution < 1.29 is 59.5 Å². The zero-order chi connectivity index (χ0) is 25.4. The van der Waals surface area contributed by atoms with E-state index in [2.05, 4.69) is 0 Å². The lowest BCUT2D eigenvalue weighted by Crippen LogP contribution is -2.64. The molecule has 0 saturated carbocycles. The molecule has 11 atom stereocenters. The molecule has 2 heterocycles. The second kappa shape index (κ2) is 14.6. The Morgan fingerprint density at radius 1 is 0.824 bits per heavy atom. The molecule has 12 nitrogen and oxygen atoms in total. The van der Waals surface area contributed by atoms with E-state index in [0.29, 0.717) is 12.8 Å². The molecule has 0 bridgehead atoms. The Balaban J connectivity index is 2.00. The molecule has 0 aromatic carbocycles. The van der Waals surface area contributed by atoms with E-state index in [1.54, 1.807) is 29.5 Å². The summed E-state index contributed by atoms with van der Waals surface area (Å²) in [5.74, 6) is 0. The zero-order valence-corrected chi connectivity index (χ0v) is 21.2. The number of hydrogen-bond donors (Lipinski definition) is 7. The summed E-state index contributed by atoms with van der Waals surface area (Å²) in [6.07, 6.45) is -10.4. The van der Waals surface area contributed by atoms with Gasteiger partial charge in [0.15, 0.2) is 16.4 Å². The predicted octanol–water partition coefficient (Wildman–Crippen LogP) is -1.68. The second-order valence-electron chi connectivity index (χ2n) is 8.76. The number of aliphatic hydroxyl groups excluding tert-OH is 7. The molecule has 2 saturated heterocycles. The lowest BCUT2D eigenvalue weighted by molar-refractivity contribution is -0.371. The number of rotatable bonds is 13. The van der Waals surface area contributed by atoms with Gasteiger partial charge in [-0.15, -0.1) is 0 Å². The smallest absolute Gasteiger partial charge is 0.192 e. The predicted molar refractivity (Wildman–Crippen MR) is 124 cm³/mol. The average Bonchev–Trinajstić information content (AvgIpc) is 2.80. The van der Waals surface area contributed by atoms with Crippen LogP contribution in [0.3, 0.4) is 0 Å². The maximum Gasteiger partial charge on any atom is 0.192 e. The quantitative estimate of drug-likeness (QED) is 0.0714. The van der Waals surface area contributed by atoms with E-state index in [-0.39, 0.29) is 9.89 Å². The van der Waals surface area contributed by atoms with Gasteiger partial charge in [0.1, 0.15) is 48.8 Å². The van der Waals surface area contributed by atoms with Gasteiger partial charge in [0.2, 0.25) is 0 Å². The summed E-state index contributed by atoms with van der Waals surface area (Å²) >= 11 is 1.78. The average molecular weight is 608 g/mol. The molecule has 0 aliphatic carbocycles. The van der Waals surface area contributed by atoms with Crippen LogP contribution in [0.4, 0.5) is 0 Å². The van der Waals surface area contributed by atoms with Gasteiger partial charge in [0.05, 0.1) is 19.3 Å². The number of aliphatic hydroxyl groups is 7. The Labute approximate surface area is 211 Å². The first-order valence-corrected chi connectivity index (χ1v) is 12.6. The monoisotopic (exact) mass is 608 g/mol. The van der Waals surface area contributed by atoms with Crippen LogP contribution >= 0.6 is 22.6 Å². The molecular weight excluding hydrogens is 571 g/mol. The highest BCUT2D eigenvalue weighted by molar-refractivity contribution is 14.1. The second-order valence-corrected chi connectivity index (χ2v) is 9.96. The summed E-state index contributed by atoms with van der Waals surface area (Å²) in [4.78, 5) is 11.0. The number of carbonyl (C=O) groups excluding carboxylic acids is 1. The van der Waals surface area contributed by atoms with Crippen LogP contribution in [0.5, 0.6) is 0 Å². The third kappa shape index (κ3) is 8.24. The summed E-state index contributed by atoms with van der Waals surface area (Å²) in [5, 5.41) is 70.0.